The van der Waals surface area contributed by atoms with Crippen LogP contribution in [0.2, 0.25) is 0 Å². The average molecular weight is 208 g/mol. The first kappa shape index (κ1) is 10.7. The summed E-state index contributed by atoms with van der Waals surface area (Å²) < 4.78 is 0. The van der Waals surface area contributed by atoms with Gasteiger partial charge in [-0.1, -0.05) is 42.5 Å². The summed E-state index contributed by atoms with van der Waals surface area (Å²) in [5, 5.41) is 9.91. The van der Waals surface area contributed by atoms with E-state index in [0.717, 1.165) is 10.6 Å². The van der Waals surface area contributed by atoms with Crippen LogP contribution in [0, 0.1) is 0 Å². The van der Waals surface area contributed by atoms with Gasteiger partial charge in [0.05, 0.1) is 6.54 Å². The fourth-order valence-electron chi connectivity index (χ4n) is 0.943. The zero-order valence-electron chi connectivity index (χ0n) is 7.63. The fourth-order valence-corrected chi connectivity index (χ4v) is 1.02. The Morgan fingerprint density at radius 1 is 1.43 bits per heavy atom. The Morgan fingerprint density at radius 2 is 2.07 bits per heavy atom. The van der Waals surface area contributed by atoms with E-state index in [0.29, 0.717) is 6.54 Å². The molecule has 0 bridgehead atoms. The quantitative estimate of drug-likeness (QED) is 0.585. The Morgan fingerprint density at radius 3 is 2.64 bits per heavy atom. The largest absolute Gasteiger partial charge is 0.374 e. The summed E-state index contributed by atoms with van der Waals surface area (Å²) in [4.78, 5) is 0. The maximum Gasteiger partial charge on any atom is 0.190 e. The highest BCUT2D eigenvalue weighted by atomic mass is 32.1. The maximum absolute atomic E-state index is 9.12. The van der Waals surface area contributed by atoms with Crippen molar-refractivity contribution in [2.45, 2.75) is 0 Å². The lowest BCUT2D eigenvalue weighted by Crippen LogP contribution is -2.32. The Labute approximate surface area is 88.4 Å². The molecule has 74 valence electrons. The van der Waals surface area contributed by atoms with Crippen molar-refractivity contribution < 1.29 is 5.21 Å². The molecule has 0 aliphatic rings. The molecule has 0 heterocycles. The van der Waals surface area contributed by atoms with Crippen molar-refractivity contribution in [1.29, 1.82) is 0 Å². The van der Waals surface area contributed by atoms with Crippen LogP contribution in [0.3, 0.4) is 0 Å². The van der Waals surface area contributed by atoms with Crippen molar-refractivity contribution in [3.05, 3.63) is 42.0 Å². The van der Waals surface area contributed by atoms with Gasteiger partial charge < -0.3 is 5.73 Å². The standard InChI is InChI=1S/C10H12N2OS/c11-10(14)12(13)8-4-7-9-5-2-1-3-6-9/h1-7,13H,8H2,(H2,11,14). The number of nitrogens with zero attached hydrogens (tertiary/aromatic N) is 1. The molecule has 1 rings (SSSR count). The first-order valence-electron chi connectivity index (χ1n) is 4.17. The van der Waals surface area contributed by atoms with Gasteiger partial charge in [0, 0.05) is 0 Å². The number of hydroxylamine groups is 2. The molecule has 14 heavy (non-hydrogen) atoms. The first-order valence-corrected chi connectivity index (χ1v) is 4.58. The summed E-state index contributed by atoms with van der Waals surface area (Å²) in [6.45, 7) is 0.296. The number of nitrogens with two attached hydrogens (primary N) is 1. The molecule has 0 atom stereocenters. The lowest BCUT2D eigenvalue weighted by Gasteiger charge is -2.10. The van der Waals surface area contributed by atoms with Crippen LogP contribution in [-0.4, -0.2) is 21.9 Å². The molecule has 3 N–H and O–H groups in total. The number of hydrogen-bond donors (Lipinski definition) is 2. The van der Waals surface area contributed by atoms with Gasteiger partial charge in [0.2, 0.25) is 0 Å². The van der Waals surface area contributed by atoms with E-state index in [9.17, 15) is 0 Å². The predicted molar refractivity (Wildman–Crippen MR) is 60.8 cm³/mol. The molecule has 0 radical (unpaired) electrons. The van der Waals surface area contributed by atoms with E-state index < -0.39 is 0 Å². The van der Waals surface area contributed by atoms with E-state index >= 15 is 0 Å². The van der Waals surface area contributed by atoms with Crippen LogP contribution in [0.4, 0.5) is 0 Å². The van der Waals surface area contributed by atoms with Gasteiger partial charge in [0.15, 0.2) is 5.11 Å². The van der Waals surface area contributed by atoms with Gasteiger partial charge in [-0.05, 0) is 17.8 Å². The van der Waals surface area contributed by atoms with Gasteiger partial charge in [-0.25, -0.2) is 5.06 Å². The minimum atomic E-state index is -0.0253. The predicted octanol–water partition coefficient (Wildman–Crippen LogP) is 1.63. The molecule has 1 aromatic rings. The third-order valence-electron chi connectivity index (χ3n) is 1.64. The molecule has 4 heteroatoms. The number of benzene rings is 1. The highest BCUT2D eigenvalue weighted by molar-refractivity contribution is 7.80. The molecule has 0 amide bonds. The molecule has 0 aliphatic carbocycles. The van der Waals surface area contributed by atoms with Crippen LogP contribution >= 0.6 is 12.2 Å². The molecule has 1 aromatic carbocycles. The zero-order chi connectivity index (χ0) is 10.4. The lowest BCUT2D eigenvalue weighted by molar-refractivity contribution is -0.000928. The molecule has 0 saturated carbocycles. The van der Waals surface area contributed by atoms with Crippen LogP contribution in [0.5, 0.6) is 0 Å². The second kappa shape index (κ2) is 5.36. The van der Waals surface area contributed by atoms with Crippen molar-refractivity contribution >= 4 is 23.4 Å². The first-order chi connectivity index (χ1) is 6.70. The van der Waals surface area contributed by atoms with Gasteiger partial charge in [-0.15, -0.1) is 0 Å². The summed E-state index contributed by atoms with van der Waals surface area (Å²) in [5.74, 6) is 0. The normalized spacial score (nSPS) is 10.4. The van der Waals surface area contributed by atoms with Crippen molar-refractivity contribution in [3.63, 3.8) is 0 Å². The summed E-state index contributed by atoms with van der Waals surface area (Å²) in [6.07, 6.45) is 3.68. The van der Waals surface area contributed by atoms with Crippen LogP contribution in [-0.2, 0) is 0 Å². The van der Waals surface area contributed by atoms with Gasteiger partial charge >= 0.3 is 0 Å². The van der Waals surface area contributed by atoms with Gasteiger partial charge in [0.25, 0.3) is 0 Å². The molecule has 3 nitrogen and oxygen atoms in total. The summed E-state index contributed by atoms with van der Waals surface area (Å²) in [7, 11) is 0. The van der Waals surface area contributed by atoms with Crippen molar-refractivity contribution in [1.82, 2.24) is 5.06 Å². The van der Waals surface area contributed by atoms with Crippen LogP contribution in [0.25, 0.3) is 6.08 Å². The lowest BCUT2D eigenvalue weighted by atomic mass is 10.2. The maximum atomic E-state index is 9.12. The summed E-state index contributed by atoms with van der Waals surface area (Å²) in [6, 6.07) is 9.79. The number of hydrogen-bond acceptors (Lipinski definition) is 2. The molecule has 0 fully saturated rings. The number of rotatable bonds is 3. The summed E-state index contributed by atoms with van der Waals surface area (Å²) in [5.41, 5.74) is 6.26. The molecular weight excluding hydrogens is 196 g/mol. The highest BCUT2D eigenvalue weighted by Crippen LogP contribution is 2.00. The molecule has 0 spiro atoms. The third kappa shape index (κ3) is 3.55. The molecule has 0 aliphatic heterocycles. The van der Waals surface area contributed by atoms with Gasteiger partial charge in [0.1, 0.15) is 0 Å². The molecule has 0 unspecified atom stereocenters. The monoisotopic (exact) mass is 208 g/mol. The molecular formula is C10H12N2OS. The van der Waals surface area contributed by atoms with E-state index in [1.54, 1.807) is 6.08 Å². The number of thiocarbonyl (C=S) groups is 1. The van der Waals surface area contributed by atoms with Crippen molar-refractivity contribution in [2.75, 3.05) is 6.54 Å². The van der Waals surface area contributed by atoms with Gasteiger partial charge in [-0.3, -0.25) is 5.21 Å². The van der Waals surface area contributed by atoms with E-state index in [1.165, 1.54) is 0 Å². The van der Waals surface area contributed by atoms with Crippen molar-refractivity contribution in [3.8, 4) is 0 Å². The summed E-state index contributed by atoms with van der Waals surface area (Å²) >= 11 is 4.57. The van der Waals surface area contributed by atoms with E-state index in [4.69, 9.17) is 10.9 Å². The second-order valence-corrected chi connectivity index (χ2v) is 3.15. The Hall–Kier alpha value is -1.39. The topological polar surface area (TPSA) is 49.5 Å². The van der Waals surface area contributed by atoms with Crippen LogP contribution < -0.4 is 5.73 Å². The van der Waals surface area contributed by atoms with Gasteiger partial charge in [-0.2, -0.15) is 0 Å². The molecule has 0 saturated heterocycles. The van der Waals surface area contributed by atoms with Crippen molar-refractivity contribution in [2.24, 2.45) is 5.73 Å². The Bertz CT molecular complexity index is 324. The zero-order valence-corrected chi connectivity index (χ0v) is 8.45. The SMILES string of the molecule is NC(=S)N(O)CC=Cc1ccccc1. The second-order valence-electron chi connectivity index (χ2n) is 2.73. The van der Waals surface area contributed by atoms with Crippen LogP contribution in [0.1, 0.15) is 5.56 Å². The highest BCUT2D eigenvalue weighted by Gasteiger charge is 1.96. The van der Waals surface area contributed by atoms with E-state index in [1.807, 2.05) is 36.4 Å². The van der Waals surface area contributed by atoms with E-state index in [-0.39, 0.29) is 5.11 Å². The average Bonchev–Trinajstić information content (AvgIpc) is 2.19. The molecule has 0 aromatic heterocycles. The van der Waals surface area contributed by atoms with Crippen LogP contribution in [0.15, 0.2) is 36.4 Å². The Kier molecular flexibility index (Phi) is 4.10. The minimum absolute atomic E-state index is 0.0253. The smallest absolute Gasteiger partial charge is 0.190 e. The van der Waals surface area contributed by atoms with E-state index in [2.05, 4.69) is 12.2 Å². The Balaban J connectivity index is 2.46. The third-order valence-corrected chi connectivity index (χ3v) is 1.85. The fraction of sp³-hybridized carbons (Fsp3) is 0.100. The minimum Gasteiger partial charge on any atom is -0.374 e.